The summed E-state index contributed by atoms with van der Waals surface area (Å²) in [6.07, 6.45) is 6.32. The Bertz CT molecular complexity index is 1200. The Labute approximate surface area is 190 Å². The number of hydrogen-bond donors (Lipinski definition) is 2. The summed E-state index contributed by atoms with van der Waals surface area (Å²) in [5, 5.41) is 6.66. The Morgan fingerprint density at radius 1 is 1.12 bits per heavy atom. The Balaban J connectivity index is 1.48. The van der Waals surface area contributed by atoms with Crippen LogP contribution in [0.3, 0.4) is 0 Å². The van der Waals surface area contributed by atoms with Crippen molar-refractivity contribution >= 4 is 33.4 Å². The normalized spacial score (nSPS) is 12.9. The van der Waals surface area contributed by atoms with Crippen LogP contribution in [0.4, 0.5) is 0 Å². The van der Waals surface area contributed by atoms with Crippen LogP contribution >= 0.6 is 11.3 Å². The molecule has 8 heteroatoms. The van der Waals surface area contributed by atoms with Crippen molar-refractivity contribution in [3.8, 4) is 5.13 Å². The van der Waals surface area contributed by atoms with E-state index in [-0.39, 0.29) is 17.7 Å². The van der Waals surface area contributed by atoms with Crippen LogP contribution in [0.1, 0.15) is 36.3 Å². The molecular formula is C24H25N5O2S. The van der Waals surface area contributed by atoms with Crippen molar-refractivity contribution in [1.82, 2.24) is 25.2 Å². The average molecular weight is 448 g/mol. The molecule has 0 unspecified atom stereocenters. The van der Waals surface area contributed by atoms with Gasteiger partial charge in [-0.3, -0.25) is 14.6 Å². The summed E-state index contributed by atoms with van der Waals surface area (Å²) in [7, 11) is 0. The Hall–Kier alpha value is -3.52. The third-order valence-electron chi connectivity index (χ3n) is 5.42. The molecule has 1 aromatic carbocycles. The lowest BCUT2D eigenvalue weighted by molar-refractivity contribution is -0.124. The molecule has 0 aliphatic heterocycles. The molecule has 4 aromatic rings. The van der Waals surface area contributed by atoms with Crippen molar-refractivity contribution < 1.29 is 9.59 Å². The summed E-state index contributed by atoms with van der Waals surface area (Å²) >= 11 is 1.51. The van der Waals surface area contributed by atoms with Crippen molar-refractivity contribution in [2.45, 2.75) is 32.9 Å². The van der Waals surface area contributed by atoms with Gasteiger partial charge in [-0.1, -0.05) is 37.7 Å². The third-order valence-corrected chi connectivity index (χ3v) is 6.45. The smallest absolute Gasteiger partial charge is 0.251 e. The molecule has 3 aromatic heterocycles. The molecule has 3 heterocycles. The zero-order valence-corrected chi connectivity index (χ0v) is 18.8. The van der Waals surface area contributed by atoms with Crippen molar-refractivity contribution in [2.24, 2.45) is 5.92 Å². The SMILES string of the molecule is CC[C@H](C)[C@H](NC(=O)c1ccc2nc(-n3cccc3)sc2c1)C(=O)NCc1ccccn1. The maximum atomic E-state index is 13.0. The Morgan fingerprint density at radius 3 is 2.66 bits per heavy atom. The molecule has 2 atom stereocenters. The zero-order chi connectivity index (χ0) is 22.5. The number of nitrogens with zero attached hydrogens (tertiary/aromatic N) is 3. The summed E-state index contributed by atoms with van der Waals surface area (Å²) < 4.78 is 2.86. The van der Waals surface area contributed by atoms with Crippen molar-refractivity contribution in [3.63, 3.8) is 0 Å². The molecule has 32 heavy (non-hydrogen) atoms. The maximum absolute atomic E-state index is 13.0. The van der Waals surface area contributed by atoms with Gasteiger partial charge < -0.3 is 15.2 Å². The summed E-state index contributed by atoms with van der Waals surface area (Å²) in [5.74, 6) is -0.511. The lowest BCUT2D eigenvalue weighted by atomic mass is 9.97. The van der Waals surface area contributed by atoms with Gasteiger partial charge in [0.2, 0.25) is 5.91 Å². The van der Waals surface area contributed by atoms with E-state index in [4.69, 9.17) is 0 Å². The monoisotopic (exact) mass is 447 g/mol. The van der Waals surface area contributed by atoms with Gasteiger partial charge in [-0.15, -0.1) is 0 Å². The van der Waals surface area contributed by atoms with Gasteiger partial charge in [0.15, 0.2) is 5.13 Å². The van der Waals surface area contributed by atoms with Gasteiger partial charge in [0.1, 0.15) is 6.04 Å². The molecule has 0 aliphatic rings. The average Bonchev–Trinajstić information content (AvgIpc) is 3.50. The molecular weight excluding hydrogens is 422 g/mol. The number of nitrogens with one attached hydrogen (secondary N) is 2. The van der Waals surface area contributed by atoms with E-state index in [0.29, 0.717) is 12.1 Å². The van der Waals surface area contributed by atoms with Gasteiger partial charge in [-0.25, -0.2) is 4.98 Å². The number of amides is 2. The minimum absolute atomic E-state index is 0.0184. The van der Waals surface area contributed by atoms with Crippen LogP contribution in [0.15, 0.2) is 67.1 Å². The van der Waals surface area contributed by atoms with Crippen LogP contribution in [-0.4, -0.2) is 32.4 Å². The molecule has 0 saturated heterocycles. The molecule has 2 N–H and O–H groups in total. The molecule has 164 valence electrons. The lowest BCUT2D eigenvalue weighted by Crippen LogP contribution is -2.50. The Morgan fingerprint density at radius 2 is 1.94 bits per heavy atom. The van der Waals surface area contributed by atoms with Crippen LogP contribution in [0.25, 0.3) is 15.3 Å². The minimum atomic E-state index is -0.635. The molecule has 0 saturated carbocycles. The largest absolute Gasteiger partial charge is 0.349 e. The first-order chi connectivity index (χ1) is 15.5. The van der Waals surface area contributed by atoms with E-state index in [1.54, 1.807) is 12.3 Å². The molecule has 4 rings (SSSR count). The molecule has 0 aliphatic carbocycles. The van der Waals surface area contributed by atoms with E-state index in [1.807, 2.05) is 73.3 Å². The molecule has 0 spiro atoms. The summed E-state index contributed by atoms with van der Waals surface area (Å²) in [6.45, 7) is 4.28. The summed E-state index contributed by atoms with van der Waals surface area (Å²) in [6, 6.07) is 14.2. The zero-order valence-electron chi connectivity index (χ0n) is 18.0. The second-order valence-corrected chi connectivity index (χ2v) is 8.65. The number of aromatic nitrogens is 3. The van der Waals surface area contributed by atoms with Crippen LogP contribution in [0.5, 0.6) is 0 Å². The van der Waals surface area contributed by atoms with Gasteiger partial charge in [0.25, 0.3) is 5.91 Å². The predicted molar refractivity (Wildman–Crippen MR) is 126 cm³/mol. The van der Waals surface area contributed by atoms with Crippen molar-refractivity contribution in [1.29, 1.82) is 0 Å². The topological polar surface area (TPSA) is 88.9 Å². The fourth-order valence-electron chi connectivity index (χ4n) is 3.34. The Kier molecular flexibility index (Phi) is 6.61. The van der Waals surface area contributed by atoms with E-state index in [0.717, 1.165) is 27.5 Å². The van der Waals surface area contributed by atoms with E-state index >= 15 is 0 Å². The second-order valence-electron chi connectivity index (χ2n) is 7.64. The second kappa shape index (κ2) is 9.74. The molecule has 0 radical (unpaired) electrons. The van der Waals surface area contributed by atoms with Gasteiger partial charge in [-0.05, 0) is 48.4 Å². The van der Waals surface area contributed by atoms with E-state index in [9.17, 15) is 9.59 Å². The number of rotatable bonds is 8. The van der Waals surface area contributed by atoms with E-state index < -0.39 is 6.04 Å². The highest BCUT2D eigenvalue weighted by Gasteiger charge is 2.26. The standard InChI is InChI=1S/C24H25N5O2S/c1-3-16(2)21(23(31)26-15-18-8-4-5-11-25-18)28-22(30)17-9-10-19-20(14-17)32-24(27-19)29-12-6-7-13-29/h4-14,16,21H,3,15H2,1-2H3,(H,26,31)(H,28,30)/t16-,21-/m0/s1. The third kappa shape index (κ3) is 4.86. The number of carbonyl (C=O) groups is 2. The van der Waals surface area contributed by atoms with Gasteiger partial charge in [0.05, 0.1) is 22.5 Å². The molecule has 0 bridgehead atoms. The fraction of sp³-hybridized carbons (Fsp3) is 0.250. The highest BCUT2D eigenvalue weighted by Crippen LogP contribution is 2.26. The minimum Gasteiger partial charge on any atom is -0.349 e. The maximum Gasteiger partial charge on any atom is 0.251 e. The number of carbonyl (C=O) groups excluding carboxylic acids is 2. The van der Waals surface area contributed by atoms with E-state index in [1.165, 1.54) is 11.3 Å². The highest BCUT2D eigenvalue weighted by atomic mass is 32.1. The number of hydrogen-bond acceptors (Lipinski definition) is 5. The lowest BCUT2D eigenvalue weighted by Gasteiger charge is -2.23. The van der Waals surface area contributed by atoms with Crippen molar-refractivity contribution in [3.05, 3.63) is 78.4 Å². The number of benzene rings is 1. The molecule has 2 amide bonds. The number of thiazole rings is 1. The number of fused-ring (bicyclic) bond motifs is 1. The van der Waals surface area contributed by atoms with Crippen LogP contribution in [0, 0.1) is 5.92 Å². The predicted octanol–water partition coefficient (Wildman–Crippen LogP) is 3.94. The first kappa shape index (κ1) is 21.7. The first-order valence-corrected chi connectivity index (χ1v) is 11.4. The van der Waals surface area contributed by atoms with Gasteiger partial charge in [0, 0.05) is 24.2 Å². The van der Waals surface area contributed by atoms with Crippen molar-refractivity contribution in [2.75, 3.05) is 0 Å². The van der Waals surface area contributed by atoms with Crippen LogP contribution < -0.4 is 10.6 Å². The highest BCUT2D eigenvalue weighted by molar-refractivity contribution is 7.20. The summed E-state index contributed by atoms with van der Waals surface area (Å²) in [5.41, 5.74) is 2.11. The van der Waals surface area contributed by atoms with Gasteiger partial charge >= 0.3 is 0 Å². The van der Waals surface area contributed by atoms with E-state index in [2.05, 4.69) is 20.6 Å². The van der Waals surface area contributed by atoms with Crippen LogP contribution in [0.2, 0.25) is 0 Å². The van der Waals surface area contributed by atoms with Crippen LogP contribution in [-0.2, 0) is 11.3 Å². The molecule has 0 fully saturated rings. The fourth-order valence-corrected chi connectivity index (χ4v) is 4.31. The molecule has 7 nitrogen and oxygen atoms in total. The quantitative estimate of drug-likeness (QED) is 0.428. The number of pyridine rings is 1. The van der Waals surface area contributed by atoms with Gasteiger partial charge in [-0.2, -0.15) is 0 Å². The summed E-state index contributed by atoms with van der Waals surface area (Å²) in [4.78, 5) is 34.7. The first-order valence-electron chi connectivity index (χ1n) is 10.6.